The van der Waals surface area contributed by atoms with E-state index in [1.165, 1.54) is 4.88 Å². The molecule has 0 saturated carbocycles. The third kappa shape index (κ3) is 3.66. The van der Waals surface area contributed by atoms with Crippen LogP contribution in [0, 0.1) is 0 Å². The monoisotopic (exact) mass is 322 g/mol. The number of amides is 1. The second kappa shape index (κ2) is 7.20. The van der Waals surface area contributed by atoms with Crippen LogP contribution in [0.25, 0.3) is 10.9 Å². The van der Waals surface area contributed by atoms with Crippen LogP contribution in [0.1, 0.15) is 10.4 Å². The van der Waals surface area contributed by atoms with Crippen molar-refractivity contribution in [1.29, 1.82) is 0 Å². The van der Waals surface area contributed by atoms with Gasteiger partial charge in [0, 0.05) is 23.0 Å². The molecular weight excluding hydrogens is 304 g/mol. The lowest BCUT2D eigenvalue weighted by atomic mass is 10.1. The molecule has 3 nitrogen and oxygen atoms in total. The molecule has 0 spiro atoms. The molecule has 1 amide bonds. The van der Waals surface area contributed by atoms with Crippen molar-refractivity contribution in [2.24, 2.45) is 0 Å². The highest BCUT2D eigenvalue weighted by molar-refractivity contribution is 7.09. The quantitative estimate of drug-likeness (QED) is 0.641. The molecule has 4 heteroatoms. The Kier molecular flexibility index (Phi) is 4.83. The van der Waals surface area contributed by atoms with Crippen LogP contribution in [-0.4, -0.2) is 22.3 Å². The van der Waals surface area contributed by atoms with Gasteiger partial charge in [-0.3, -0.25) is 9.78 Å². The largest absolute Gasteiger partial charge is 0.334 e. The number of carbonyl (C=O) groups is 1. The van der Waals surface area contributed by atoms with E-state index in [2.05, 4.69) is 11.6 Å². The molecule has 0 radical (unpaired) electrons. The van der Waals surface area contributed by atoms with Gasteiger partial charge in [0.05, 0.1) is 18.5 Å². The van der Waals surface area contributed by atoms with Crippen LogP contribution in [0.4, 0.5) is 0 Å². The Labute approximate surface area is 139 Å². The van der Waals surface area contributed by atoms with Gasteiger partial charge in [-0.05, 0) is 23.1 Å². The molecule has 0 unspecified atom stereocenters. The number of thiophene rings is 1. The van der Waals surface area contributed by atoms with Gasteiger partial charge in [0.15, 0.2) is 0 Å². The lowest BCUT2D eigenvalue weighted by Gasteiger charge is -2.20. The second-order valence-corrected chi connectivity index (χ2v) is 6.34. The summed E-state index contributed by atoms with van der Waals surface area (Å²) < 4.78 is 0. The van der Waals surface area contributed by atoms with Gasteiger partial charge in [-0.25, -0.2) is 0 Å². The summed E-state index contributed by atoms with van der Waals surface area (Å²) in [6.07, 6.45) is 3.89. The van der Waals surface area contributed by atoms with Gasteiger partial charge >= 0.3 is 0 Å². The van der Waals surface area contributed by atoms with E-state index < -0.39 is 0 Å². The third-order valence-electron chi connectivity index (χ3n) is 3.69. The standard InChI is InChI=1S/C19H18N2OS/c1-2-11-21(14-17-9-5-12-23-17)18(22)13-16-7-3-6-15-8-4-10-20-19(15)16/h2-10,12H,1,11,13-14H2. The minimum Gasteiger partial charge on any atom is -0.334 e. The van der Waals surface area contributed by atoms with Crippen LogP contribution in [-0.2, 0) is 17.8 Å². The molecule has 0 fully saturated rings. The molecule has 2 aromatic heterocycles. The predicted octanol–water partition coefficient (Wildman–Crippen LogP) is 4.05. The SMILES string of the molecule is C=CCN(Cc1cccs1)C(=O)Cc1cccc2cccnc12. The molecule has 0 saturated heterocycles. The normalized spacial score (nSPS) is 10.6. The van der Waals surface area contributed by atoms with Crippen LogP contribution in [0.5, 0.6) is 0 Å². The number of aromatic nitrogens is 1. The van der Waals surface area contributed by atoms with Gasteiger partial charge in [-0.1, -0.05) is 36.4 Å². The molecule has 0 aliphatic carbocycles. The van der Waals surface area contributed by atoms with Crippen molar-refractivity contribution in [3.05, 3.63) is 77.1 Å². The Morgan fingerprint density at radius 1 is 1.22 bits per heavy atom. The summed E-state index contributed by atoms with van der Waals surface area (Å²) in [5.74, 6) is 0.0939. The lowest BCUT2D eigenvalue weighted by molar-refractivity contribution is -0.130. The lowest BCUT2D eigenvalue weighted by Crippen LogP contribution is -2.31. The van der Waals surface area contributed by atoms with E-state index in [0.29, 0.717) is 19.5 Å². The molecule has 0 atom stereocenters. The smallest absolute Gasteiger partial charge is 0.227 e. The Morgan fingerprint density at radius 2 is 2.09 bits per heavy atom. The highest BCUT2D eigenvalue weighted by Crippen LogP contribution is 2.18. The van der Waals surface area contributed by atoms with Crippen LogP contribution >= 0.6 is 11.3 Å². The number of hydrogen-bond donors (Lipinski definition) is 0. The minimum atomic E-state index is 0.0939. The number of para-hydroxylation sites is 1. The fraction of sp³-hybridized carbons (Fsp3) is 0.158. The van der Waals surface area contributed by atoms with Crippen molar-refractivity contribution in [3.8, 4) is 0 Å². The molecular formula is C19H18N2OS. The zero-order valence-corrected chi connectivity index (χ0v) is 13.6. The highest BCUT2D eigenvalue weighted by atomic mass is 32.1. The summed E-state index contributed by atoms with van der Waals surface area (Å²) in [4.78, 5) is 20.2. The van der Waals surface area contributed by atoms with Gasteiger partial charge in [0.25, 0.3) is 0 Å². The van der Waals surface area contributed by atoms with Crippen molar-refractivity contribution < 1.29 is 4.79 Å². The van der Waals surface area contributed by atoms with Crippen molar-refractivity contribution in [1.82, 2.24) is 9.88 Å². The van der Waals surface area contributed by atoms with Crippen LogP contribution in [0.2, 0.25) is 0 Å². The van der Waals surface area contributed by atoms with E-state index >= 15 is 0 Å². The molecule has 0 bridgehead atoms. The summed E-state index contributed by atoms with van der Waals surface area (Å²) >= 11 is 1.66. The first-order valence-electron chi connectivity index (χ1n) is 7.51. The molecule has 3 rings (SSSR count). The Morgan fingerprint density at radius 3 is 2.87 bits per heavy atom. The van der Waals surface area contributed by atoms with E-state index in [0.717, 1.165) is 16.5 Å². The van der Waals surface area contributed by atoms with E-state index in [4.69, 9.17) is 0 Å². The van der Waals surface area contributed by atoms with Crippen molar-refractivity contribution >= 4 is 28.1 Å². The average molecular weight is 322 g/mol. The zero-order valence-electron chi connectivity index (χ0n) is 12.8. The summed E-state index contributed by atoms with van der Waals surface area (Å²) in [7, 11) is 0. The third-order valence-corrected chi connectivity index (χ3v) is 4.55. The number of hydrogen-bond acceptors (Lipinski definition) is 3. The summed E-state index contributed by atoms with van der Waals surface area (Å²) in [5, 5.41) is 3.09. The molecule has 0 aliphatic rings. The maximum Gasteiger partial charge on any atom is 0.227 e. The van der Waals surface area contributed by atoms with Crippen LogP contribution in [0.3, 0.4) is 0 Å². The van der Waals surface area contributed by atoms with Crippen molar-refractivity contribution in [2.45, 2.75) is 13.0 Å². The second-order valence-electron chi connectivity index (χ2n) is 5.31. The Balaban J connectivity index is 1.81. The molecule has 23 heavy (non-hydrogen) atoms. The summed E-state index contributed by atoms with van der Waals surface area (Å²) in [6, 6.07) is 14.0. The maximum absolute atomic E-state index is 12.7. The molecule has 116 valence electrons. The first-order chi connectivity index (χ1) is 11.3. The predicted molar refractivity (Wildman–Crippen MR) is 95.4 cm³/mol. The molecule has 3 aromatic rings. The van der Waals surface area contributed by atoms with Crippen LogP contribution < -0.4 is 0 Å². The maximum atomic E-state index is 12.7. The van der Waals surface area contributed by atoms with E-state index in [1.807, 2.05) is 52.7 Å². The minimum absolute atomic E-state index is 0.0939. The fourth-order valence-electron chi connectivity index (χ4n) is 2.59. The Bertz CT molecular complexity index is 806. The van der Waals surface area contributed by atoms with E-state index in [-0.39, 0.29) is 5.91 Å². The number of carbonyl (C=O) groups excluding carboxylic acids is 1. The summed E-state index contributed by atoms with van der Waals surface area (Å²) in [5.41, 5.74) is 1.87. The van der Waals surface area contributed by atoms with Crippen molar-refractivity contribution in [3.63, 3.8) is 0 Å². The Hall–Kier alpha value is -2.46. The van der Waals surface area contributed by atoms with E-state index in [9.17, 15) is 4.79 Å². The van der Waals surface area contributed by atoms with Gasteiger partial charge in [-0.15, -0.1) is 17.9 Å². The van der Waals surface area contributed by atoms with Gasteiger partial charge < -0.3 is 4.90 Å². The molecule has 0 aliphatic heterocycles. The molecule has 1 aromatic carbocycles. The highest BCUT2D eigenvalue weighted by Gasteiger charge is 2.15. The number of nitrogens with zero attached hydrogens (tertiary/aromatic N) is 2. The first kappa shape index (κ1) is 15.4. The topological polar surface area (TPSA) is 33.2 Å². The van der Waals surface area contributed by atoms with E-state index in [1.54, 1.807) is 23.6 Å². The summed E-state index contributed by atoms with van der Waals surface area (Å²) in [6.45, 7) is 4.94. The van der Waals surface area contributed by atoms with Gasteiger partial charge in [0.1, 0.15) is 0 Å². The first-order valence-corrected chi connectivity index (χ1v) is 8.39. The van der Waals surface area contributed by atoms with Crippen molar-refractivity contribution in [2.75, 3.05) is 6.54 Å². The van der Waals surface area contributed by atoms with Gasteiger partial charge in [-0.2, -0.15) is 0 Å². The fourth-order valence-corrected chi connectivity index (χ4v) is 3.31. The van der Waals surface area contributed by atoms with Crippen LogP contribution in [0.15, 0.2) is 66.7 Å². The number of benzene rings is 1. The number of fused-ring (bicyclic) bond motifs is 1. The average Bonchev–Trinajstić information content (AvgIpc) is 3.08. The molecule has 2 heterocycles. The number of pyridine rings is 1. The number of rotatable bonds is 6. The van der Waals surface area contributed by atoms with Gasteiger partial charge in [0.2, 0.25) is 5.91 Å². The zero-order chi connectivity index (χ0) is 16.1. The molecule has 0 N–H and O–H groups in total.